The van der Waals surface area contributed by atoms with Gasteiger partial charge in [-0.3, -0.25) is 0 Å². The number of allylic oxidation sites excluding steroid dienone is 1. The summed E-state index contributed by atoms with van der Waals surface area (Å²) in [4.78, 5) is 18.4. The average Bonchev–Trinajstić information content (AvgIpc) is 3.57. The molecule has 7 nitrogen and oxygen atoms in total. The maximum Gasteiger partial charge on any atom is 0.341 e. The molecule has 9 heteroatoms. The molecule has 0 bridgehead atoms. The number of thiophene rings is 1. The minimum absolute atomic E-state index is 0.216. The molecule has 0 saturated carbocycles. The standard InChI is InChI=1S/C23H19N3O4S2/c1-2-28-23(27)20-15-4-3-5-19(15)32-22(20)25-10-14(9-24)21-26-16(11-31-21)13-6-7-17-18(8-13)30-12-29-17/h6-8,10-11,25H,2-5,12H2,1H3/b14-10-. The Bertz CT molecular complexity index is 1270. The first-order chi connectivity index (χ1) is 15.7. The molecule has 0 radical (unpaired) electrons. The van der Waals surface area contributed by atoms with Crippen LogP contribution in [0.5, 0.6) is 11.5 Å². The smallest absolute Gasteiger partial charge is 0.341 e. The Balaban J connectivity index is 1.40. The van der Waals surface area contributed by atoms with Gasteiger partial charge >= 0.3 is 5.97 Å². The number of ether oxygens (including phenoxy) is 3. The number of nitrogens with one attached hydrogen (secondary N) is 1. The number of esters is 1. The Kier molecular flexibility index (Phi) is 5.55. The van der Waals surface area contributed by atoms with E-state index >= 15 is 0 Å². The summed E-state index contributed by atoms with van der Waals surface area (Å²) >= 11 is 2.94. The second-order valence-corrected chi connectivity index (χ2v) is 9.17. The van der Waals surface area contributed by atoms with Crippen LogP contribution in [0.2, 0.25) is 0 Å². The highest BCUT2D eigenvalue weighted by Gasteiger charge is 2.27. The zero-order valence-corrected chi connectivity index (χ0v) is 18.9. The minimum Gasteiger partial charge on any atom is -0.462 e. The van der Waals surface area contributed by atoms with Gasteiger partial charge in [-0.25, -0.2) is 9.78 Å². The topological polar surface area (TPSA) is 93.5 Å². The fourth-order valence-electron chi connectivity index (χ4n) is 3.79. The number of anilines is 1. The van der Waals surface area contributed by atoms with Gasteiger partial charge in [0.15, 0.2) is 11.5 Å². The van der Waals surface area contributed by atoms with Gasteiger partial charge in [0.1, 0.15) is 21.7 Å². The summed E-state index contributed by atoms with van der Waals surface area (Å²) in [6.45, 7) is 2.34. The number of thiazole rings is 1. The van der Waals surface area contributed by atoms with Crippen LogP contribution in [0.1, 0.15) is 39.2 Å². The van der Waals surface area contributed by atoms with Gasteiger partial charge in [-0.15, -0.1) is 22.7 Å². The summed E-state index contributed by atoms with van der Waals surface area (Å²) in [6, 6.07) is 7.86. The van der Waals surface area contributed by atoms with E-state index in [4.69, 9.17) is 14.2 Å². The molecule has 0 spiro atoms. The lowest BCUT2D eigenvalue weighted by atomic mass is 10.1. The molecule has 3 aromatic rings. The van der Waals surface area contributed by atoms with Gasteiger partial charge in [-0.1, -0.05) is 0 Å². The normalized spacial score (nSPS) is 14.2. The molecule has 2 aromatic heterocycles. The van der Waals surface area contributed by atoms with E-state index in [1.165, 1.54) is 16.2 Å². The first-order valence-electron chi connectivity index (χ1n) is 10.2. The SMILES string of the molecule is CCOC(=O)c1c(N/C=C(/C#N)c2nc(-c3ccc4c(c3)OCO4)cs2)sc2c1CCC2. The highest BCUT2D eigenvalue weighted by atomic mass is 32.1. The lowest BCUT2D eigenvalue weighted by Gasteiger charge is -2.06. The summed E-state index contributed by atoms with van der Waals surface area (Å²) in [7, 11) is 0. The highest BCUT2D eigenvalue weighted by Crippen LogP contribution is 2.40. The number of hydrogen-bond donors (Lipinski definition) is 1. The maximum atomic E-state index is 12.5. The molecule has 1 aliphatic carbocycles. The van der Waals surface area contributed by atoms with Crippen LogP contribution in [0, 0.1) is 11.3 Å². The number of nitriles is 1. The molecule has 0 unspecified atom stereocenters. The first kappa shape index (κ1) is 20.5. The Hall–Kier alpha value is -3.35. The van der Waals surface area contributed by atoms with Crippen LogP contribution < -0.4 is 14.8 Å². The van der Waals surface area contributed by atoms with Crippen LogP contribution in [0.4, 0.5) is 5.00 Å². The molecule has 0 amide bonds. The Morgan fingerprint density at radius 2 is 2.22 bits per heavy atom. The van der Waals surface area contributed by atoms with E-state index in [-0.39, 0.29) is 12.8 Å². The molecule has 1 N–H and O–H groups in total. The van der Waals surface area contributed by atoms with E-state index in [0.29, 0.717) is 39.3 Å². The summed E-state index contributed by atoms with van der Waals surface area (Å²) in [5.41, 5.74) is 3.71. The molecule has 1 aliphatic heterocycles. The summed E-state index contributed by atoms with van der Waals surface area (Å²) in [5.74, 6) is 1.08. The van der Waals surface area contributed by atoms with E-state index in [2.05, 4.69) is 16.4 Å². The van der Waals surface area contributed by atoms with Crippen molar-refractivity contribution in [3.8, 4) is 28.8 Å². The van der Waals surface area contributed by atoms with Crippen LogP contribution in [-0.2, 0) is 17.6 Å². The molecule has 3 heterocycles. The molecular formula is C23H19N3O4S2. The molecule has 0 atom stereocenters. The molecule has 0 fully saturated rings. The largest absolute Gasteiger partial charge is 0.462 e. The Morgan fingerprint density at radius 3 is 3.06 bits per heavy atom. The molecule has 5 rings (SSSR count). The van der Waals surface area contributed by atoms with Crippen molar-refractivity contribution in [2.24, 2.45) is 0 Å². The van der Waals surface area contributed by atoms with Crippen molar-refractivity contribution in [3.63, 3.8) is 0 Å². The van der Waals surface area contributed by atoms with Crippen molar-refractivity contribution >= 4 is 39.2 Å². The third-order valence-corrected chi connectivity index (χ3v) is 7.37. The van der Waals surface area contributed by atoms with Gasteiger partial charge in [0, 0.05) is 22.0 Å². The van der Waals surface area contributed by atoms with Crippen LogP contribution in [-0.4, -0.2) is 24.4 Å². The molecule has 162 valence electrons. The third kappa shape index (κ3) is 3.72. The number of nitrogens with zero attached hydrogens (tertiary/aromatic N) is 2. The number of aryl methyl sites for hydroxylation is 1. The second-order valence-electron chi connectivity index (χ2n) is 7.20. The molecule has 2 aliphatic rings. The zero-order chi connectivity index (χ0) is 22.1. The van der Waals surface area contributed by atoms with Gasteiger partial charge < -0.3 is 19.5 Å². The van der Waals surface area contributed by atoms with Gasteiger partial charge in [-0.05, 0) is 49.9 Å². The lowest BCUT2D eigenvalue weighted by Crippen LogP contribution is -2.08. The first-order valence-corrected chi connectivity index (χ1v) is 11.9. The summed E-state index contributed by atoms with van der Waals surface area (Å²) < 4.78 is 16.1. The molecule has 1 aromatic carbocycles. The molecule has 32 heavy (non-hydrogen) atoms. The number of aromatic nitrogens is 1. The van der Waals surface area contributed by atoms with Gasteiger partial charge in [0.05, 0.1) is 17.9 Å². The molecular weight excluding hydrogens is 446 g/mol. The quantitative estimate of drug-likeness (QED) is 0.393. The Labute approximate surface area is 192 Å². The van der Waals surface area contributed by atoms with Crippen molar-refractivity contribution in [1.82, 2.24) is 4.98 Å². The predicted molar refractivity (Wildman–Crippen MR) is 123 cm³/mol. The van der Waals surface area contributed by atoms with Crippen molar-refractivity contribution in [1.29, 1.82) is 5.26 Å². The van der Waals surface area contributed by atoms with E-state index in [1.54, 1.807) is 24.5 Å². The monoisotopic (exact) mass is 465 g/mol. The van der Waals surface area contributed by atoms with Gasteiger partial charge in [-0.2, -0.15) is 5.26 Å². The third-order valence-electron chi connectivity index (χ3n) is 5.27. The summed E-state index contributed by atoms with van der Waals surface area (Å²) in [6.07, 6.45) is 4.51. The van der Waals surface area contributed by atoms with Crippen molar-refractivity contribution in [3.05, 3.63) is 50.8 Å². The van der Waals surface area contributed by atoms with Crippen LogP contribution in [0.15, 0.2) is 29.8 Å². The van der Waals surface area contributed by atoms with E-state index in [1.807, 2.05) is 23.6 Å². The maximum absolute atomic E-state index is 12.5. The van der Waals surface area contributed by atoms with Crippen molar-refractivity contribution in [2.75, 3.05) is 18.7 Å². The van der Waals surface area contributed by atoms with Crippen LogP contribution in [0.25, 0.3) is 16.8 Å². The van der Waals surface area contributed by atoms with Crippen molar-refractivity contribution < 1.29 is 19.0 Å². The van der Waals surface area contributed by atoms with Crippen LogP contribution in [0.3, 0.4) is 0 Å². The number of hydrogen-bond acceptors (Lipinski definition) is 9. The number of carbonyl (C=O) groups excluding carboxylic acids is 1. The predicted octanol–water partition coefficient (Wildman–Crippen LogP) is 5.24. The fraction of sp³-hybridized carbons (Fsp3) is 0.261. The Morgan fingerprint density at radius 1 is 1.34 bits per heavy atom. The van der Waals surface area contributed by atoms with E-state index in [0.717, 1.165) is 36.1 Å². The summed E-state index contributed by atoms with van der Waals surface area (Å²) in [5, 5.41) is 16.1. The van der Waals surface area contributed by atoms with Gasteiger partial charge in [0.2, 0.25) is 6.79 Å². The fourth-order valence-corrected chi connectivity index (χ4v) is 5.83. The van der Waals surface area contributed by atoms with Crippen LogP contribution >= 0.6 is 22.7 Å². The minimum atomic E-state index is -0.319. The number of rotatable bonds is 6. The van der Waals surface area contributed by atoms with Crippen molar-refractivity contribution in [2.45, 2.75) is 26.2 Å². The number of benzene rings is 1. The average molecular weight is 466 g/mol. The molecule has 0 saturated heterocycles. The van der Waals surface area contributed by atoms with Gasteiger partial charge in [0.25, 0.3) is 0 Å². The number of fused-ring (bicyclic) bond motifs is 2. The second kappa shape index (κ2) is 8.65. The zero-order valence-electron chi connectivity index (χ0n) is 17.3. The lowest BCUT2D eigenvalue weighted by molar-refractivity contribution is 0.0527. The van der Waals surface area contributed by atoms with E-state index in [9.17, 15) is 10.1 Å². The van der Waals surface area contributed by atoms with E-state index < -0.39 is 0 Å². The number of carbonyl (C=O) groups is 1. The highest BCUT2D eigenvalue weighted by molar-refractivity contribution is 7.16.